The maximum Gasteiger partial charge on any atom is 0.292 e. The van der Waals surface area contributed by atoms with E-state index in [0.717, 1.165) is 48.8 Å². The Hall–Kier alpha value is -3.07. The van der Waals surface area contributed by atoms with Crippen LogP contribution in [-0.2, 0) is 10.2 Å². The highest BCUT2D eigenvalue weighted by Gasteiger charge is 2.54. The van der Waals surface area contributed by atoms with Crippen LogP contribution in [0.25, 0.3) is 22.5 Å². The number of rotatable bonds is 7. The molecule has 5 fully saturated rings. The molecule has 4 saturated carbocycles. The number of H-pyrrole nitrogens is 1. The largest absolute Gasteiger partial charge is 0.390 e. The summed E-state index contributed by atoms with van der Waals surface area (Å²) in [6.07, 6.45) is 9.32. The molecule has 4 bridgehead atoms. The number of pyridine rings is 1. The van der Waals surface area contributed by atoms with Gasteiger partial charge in [0.05, 0.1) is 16.9 Å². The van der Waals surface area contributed by atoms with Crippen molar-refractivity contribution < 1.29 is 22.8 Å². The molecule has 4 N–H and O–H groups in total. The third-order valence-corrected chi connectivity index (χ3v) is 11.5. The molecule has 13 nitrogen and oxygen atoms in total. The Labute approximate surface area is 238 Å². The number of anilines is 1. The molecule has 3 aromatic rings. The van der Waals surface area contributed by atoms with Gasteiger partial charge in [-0.15, -0.1) is 0 Å². The number of hydrogen-bond acceptors (Lipinski definition) is 9. The van der Waals surface area contributed by atoms with E-state index in [1.54, 1.807) is 6.20 Å². The van der Waals surface area contributed by atoms with E-state index >= 15 is 0 Å². The van der Waals surface area contributed by atoms with Crippen LogP contribution >= 0.6 is 0 Å². The van der Waals surface area contributed by atoms with Crippen molar-refractivity contribution in [1.82, 2.24) is 34.0 Å². The van der Waals surface area contributed by atoms with E-state index in [1.807, 2.05) is 12.3 Å². The number of nitrogens with zero attached hydrogens (tertiary/aromatic N) is 5. The first-order valence-electron chi connectivity index (χ1n) is 14.4. The van der Waals surface area contributed by atoms with Crippen molar-refractivity contribution in [2.24, 2.45) is 17.8 Å². The van der Waals surface area contributed by atoms with Crippen molar-refractivity contribution >= 4 is 32.8 Å². The van der Waals surface area contributed by atoms with Crippen molar-refractivity contribution in [3.63, 3.8) is 0 Å². The van der Waals surface area contributed by atoms with Gasteiger partial charge in [0.25, 0.3) is 27.8 Å². The predicted molar refractivity (Wildman–Crippen MR) is 150 cm³/mol. The smallest absolute Gasteiger partial charge is 0.292 e. The van der Waals surface area contributed by atoms with Gasteiger partial charge in [0.15, 0.2) is 0 Å². The molecule has 4 aliphatic carbocycles. The third-order valence-electron chi connectivity index (χ3n) is 9.57. The minimum atomic E-state index is -3.48. The summed E-state index contributed by atoms with van der Waals surface area (Å²) in [4.78, 5) is 25.2. The van der Waals surface area contributed by atoms with Crippen LogP contribution in [0.5, 0.6) is 0 Å². The number of amides is 1. The lowest BCUT2D eigenvalue weighted by Crippen LogP contribution is -2.59. The van der Waals surface area contributed by atoms with Crippen molar-refractivity contribution in [2.75, 3.05) is 32.5 Å². The van der Waals surface area contributed by atoms with Crippen LogP contribution in [-0.4, -0.2) is 93.0 Å². The molecule has 3 aromatic heterocycles. The fourth-order valence-corrected chi connectivity index (χ4v) is 8.98. The maximum atomic E-state index is 13.0. The summed E-state index contributed by atoms with van der Waals surface area (Å²) in [6.45, 7) is 0.642. The number of fused-ring (bicyclic) bond motifs is 1. The summed E-state index contributed by atoms with van der Waals surface area (Å²) in [5, 5.41) is 22.7. The van der Waals surface area contributed by atoms with E-state index in [9.17, 15) is 18.3 Å². The first kappa shape index (κ1) is 26.8. The lowest BCUT2D eigenvalue weighted by Gasteiger charge is -2.58. The quantitative estimate of drug-likeness (QED) is 0.324. The lowest BCUT2D eigenvalue weighted by atomic mass is 9.52. The number of piperidine rings is 1. The predicted octanol–water partition coefficient (Wildman–Crippen LogP) is 1.96. The van der Waals surface area contributed by atoms with Crippen LogP contribution in [0.2, 0.25) is 0 Å². The lowest BCUT2D eigenvalue weighted by molar-refractivity contribution is -0.129. The number of carbonyl (C=O) groups is 1. The second-order valence-corrected chi connectivity index (χ2v) is 14.7. The van der Waals surface area contributed by atoms with E-state index in [4.69, 9.17) is 4.52 Å². The third kappa shape index (κ3) is 4.70. The van der Waals surface area contributed by atoms with Gasteiger partial charge in [-0.05, 0) is 68.8 Å². The molecule has 0 radical (unpaired) electrons. The van der Waals surface area contributed by atoms with Crippen LogP contribution in [0, 0.1) is 17.8 Å². The van der Waals surface area contributed by atoms with E-state index in [2.05, 4.69) is 30.7 Å². The Morgan fingerprint density at radius 1 is 1.20 bits per heavy atom. The Morgan fingerprint density at radius 2 is 1.93 bits per heavy atom. The summed E-state index contributed by atoms with van der Waals surface area (Å²) < 4.78 is 33.0. The highest BCUT2D eigenvalue weighted by molar-refractivity contribution is 7.86. The fourth-order valence-electron chi connectivity index (χ4n) is 7.85. The number of hydrogen-bond donors (Lipinski definition) is 4. The molecule has 4 heterocycles. The number of nitrogens with one attached hydrogen (secondary N) is 3. The average Bonchev–Trinajstić information content (AvgIpc) is 3.60. The molecule has 1 amide bonds. The molecule has 5 aliphatic rings. The van der Waals surface area contributed by atoms with Crippen molar-refractivity contribution in [2.45, 2.75) is 62.6 Å². The summed E-state index contributed by atoms with van der Waals surface area (Å²) >= 11 is 0. The fraction of sp³-hybridized carbons (Fsp3) is 0.630. The van der Waals surface area contributed by atoms with Crippen molar-refractivity contribution in [3.8, 4) is 11.5 Å². The van der Waals surface area contributed by atoms with Gasteiger partial charge in [-0.2, -0.15) is 22.0 Å². The Balaban J connectivity index is 1.09. The first-order valence-corrected chi connectivity index (χ1v) is 15.8. The number of aromatic amines is 1. The van der Waals surface area contributed by atoms with Gasteiger partial charge in [-0.25, -0.2) is 4.98 Å². The topological polar surface area (TPSA) is 170 Å². The molecule has 1 aliphatic heterocycles. The SMILES string of the molecule is CN(C)S(=O)(=O)N1CCC(NC(=O)c2noc(-c3cnc4[nH]ccc4c3NC3[C@@H]4CC5C[C@H]3CC(O)(C5)C4)n2)CC1. The molecule has 8 rings (SSSR count). The maximum absolute atomic E-state index is 13.0. The molecule has 5 atom stereocenters. The zero-order chi connectivity index (χ0) is 28.5. The molecule has 0 spiro atoms. The average molecular weight is 585 g/mol. The molecule has 220 valence electrons. The van der Waals surface area contributed by atoms with E-state index in [-0.39, 0.29) is 23.8 Å². The molecule has 14 heteroatoms. The molecule has 41 heavy (non-hydrogen) atoms. The Morgan fingerprint density at radius 3 is 2.61 bits per heavy atom. The van der Waals surface area contributed by atoms with E-state index < -0.39 is 21.7 Å². The summed E-state index contributed by atoms with van der Waals surface area (Å²) in [6, 6.07) is 1.99. The molecule has 0 aromatic carbocycles. The summed E-state index contributed by atoms with van der Waals surface area (Å²) in [7, 11) is -0.462. The van der Waals surface area contributed by atoms with Gasteiger partial charge in [0.1, 0.15) is 5.65 Å². The van der Waals surface area contributed by atoms with Gasteiger partial charge in [0, 0.05) is 57.0 Å². The van der Waals surface area contributed by atoms with Gasteiger partial charge in [0.2, 0.25) is 0 Å². The van der Waals surface area contributed by atoms with E-state index in [1.165, 1.54) is 22.7 Å². The van der Waals surface area contributed by atoms with Gasteiger partial charge < -0.3 is 25.2 Å². The minimum Gasteiger partial charge on any atom is -0.390 e. The Kier molecular flexibility index (Phi) is 6.37. The summed E-state index contributed by atoms with van der Waals surface area (Å²) in [5.74, 6) is 1.03. The zero-order valence-corrected chi connectivity index (χ0v) is 24.0. The Bertz CT molecular complexity index is 1560. The zero-order valence-electron chi connectivity index (χ0n) is 23.2. The number of aliphatic hydroxyl groups is 1. The van der Waals surface area contributed by atoms with Crippen LogP contribution in [0.4, 0.5) is 5.69 Å². The second kappa shape index (κ2) is 9.75. The number of aromatic nitrogens is 4. The van der Waals surface area contributed by atoms with Crippen molar-refractivity contribution in [3.05, 3.63) is 24.3 Å². The van der Waals surface area contributed by atoms with E-state index in [0.29, 0.717) is 49.2 Å². The van der Waals surface area contributed by atoms with Crippen molar-refractivity contribution in [1.29, 1.82) is 0 Å². The van der Waals surface area contributed by atoms with Gasteiger partial charge >= 0.3 is 0 Å². The molecule has 1 saturated heterocycles. The molecular weight excluding hydrogens is 548 g/mol. The monoisotopic (exact) mass is 584 g/mol. The van der Waals surface area contributed by atoms with Crippen LogP contribution in [0.3, 0.4) is 0 Å². The standard InChI is InChI=1S/C27H36N8O5S/c1-34(2)41(38,39)35-7-4-18(5-8-35)30-25(36)24-32-26(40-33-24)20-14-29-23-19(3-6-28-23)22(20)31-21-16-9-15-10-17(21)13-27(37,11-15)12-16/h3,6,14-18,21,37H,4-5,7-13H2,1-2H3,(H,30,36)(H2,28,29,31)/t15?,16-,17+,21?,27?. The summed E-state index contributed by atoms with van der Waals surface area (Å²) in [5.41, 5.74) is 1.67. The van der Waals surface area contributed by atoms with Gasteiger partial charge in [-0.3, -0.25) is 4.79 Å². The highest BCUT2D eigenvalue weighted by Crippen LogP contribution is 2.56. The second-order valence-electron chi connectivity index (χ2n) is 12.5. The molecular formula is C27H36N8O5S. The minimum absolute atomic E-state index is 0.0831. The molecule has 3 unspecified atom stereocenters. The van der Waals surface area contributed by atoms with Crippen LogP contribution in [0.1, 0.15) is 55.6 Å². The number of carbonyl (C=O) groups excluding carboxylic acids is 1. The normalized spacial score (nSPS) is 30.3. The van der Waals surface area contributed by atoms with Crippen LogP contribution in [0.15, 0.2) is 23.0 Å². The first-order chi connectivity index (χ1) is 19.6. The van der Waals surface area contributed by atoms with Gasteiger partial charge in [-0.1, -0.05) is 5.16 Å². The highest BCUT2D eigenvalue weighted by atomic mass is 32.2. The van der Waals surface area contributed by atoms with Crippen LogP contribution < -0.4 is 10.6 Å².